The summed E-state index contributed by atoms with van der Waals surface area (Å²) in [4.78, 5) is 23.3. The fraction of sp³-hybridized carbons (Fsp3) is 0.429. The third kappa shape index (κ3) is 4.86. The van der Waals surface area contributed by atoms with Gasteiger partial charge in [-0.1, -0.05) is 30.3 Å². The highest BCUT2D eigenvalue weighted by molar-refractivity contribution is 6.35. The van der Waals surface area contributed by atoms with Crippen molar-refractivity contribution in [3.8, 4) is 0 Å². The molecule has 1 rings (SSSR count). The fourth-order valence-electron chi connectivity index (χ4n) is 1.63. The summed E-state index contributed by atoms with van der Waals surface area (Å²) in [6.07, 6.45) is -5.47. The predicted octanol–water partition coefficient (Wildman–Crippen LogP) is -2.30. The molecule has 0 unspecified atom stereocenters. The Kier molecular flexibility index (Phi) is 7.09. The lowest BCUT2D eigenvalue weighted by Gasteiger charge is -2.24. The summed E-state index contributed by atoms with van der Waals surface area (Å²) in [7, 11) is 0. The van der Waals surface area contributed by atoms with E-state index in [1.54, 1.807) is 30.3 Å². The van der Waals surface area contributed by atoms with Gasteiger partial charge in [0.2, 0.25) is 0 Å². The van der Waals surface area contributed by atoms with Crippen LogP contribution in [0.4, 0.5) is 0 Å². The second-order valence-corrected chi connectivity index (χ2v) is 4.68. The number of hydrogen-bond acceptors (Lipinski definition) is 8. The van der Waals surface area contributed by atoms with Gasteiger partial charge in [0, 0.05) is 0 Å². The minimum atomic E-state index is -1.92. The topological polar surface area (TPSA) is 150 Å². The van der Waals surface area contributed by atoms with E-state index in [9.17, 15) is 24.9 Å². The summed E-state index contributed by atoms with van der Waals surface area (Å²) < 4.78 is 4.75. The number of Topliss-reactive ketones (excluding diaryl/α,β-unsaturated/α-hetero) is 1. The van der Waals surface area contributed by atoms with E-state index < -0.39 is 42.7 Å². The van der Waals surface area contributed by atoms with Crippen molar-refractivity contribution in [2.24, 2.45) is 5.73 Å². The molecule has 8 nitrogen and oxygen atoms in total. The molecule has 0 amide bonds. The molecule has 0 spiro atoms. The number of aliphatic hydroxyl groups is 4. The first-order valence-electron chi connectivity index (χ1n) is 6.54. The van der Waals surface area contributed by atoms with E-state index in [2.05, 4.69) is 0 Å². The number of aliphatic hydroxyl groups excluding tert-OH is 4. The van der Waals surface area contributed by atoms with Gasteiger partial charge in [0.15, 0.2) is 0 Å². The summed E-state index contributed by atoms with van der Waals surface area (Å²) in [6.45, 7) is -0.979. The first kappa shape index (κ1) is 18.2. The Morgan fingerprint density at radius 3 is 2.23 bits per heavy atom. The first-order chi connectivity index (χ1) is 10.4. The summed E-state index contributed by atoms with van der Waals surface area (Å²) in [5, 5.41) is 36.9. The molecule has 4 atom stereocenters. The summed E-state index contributed by atoms with van der Waals surface area (Å²) in [5.74, 6) is -2.51. The van der Waals surface area contributed by atoms with Crippen LogP contribution in [-0.4, -0.2) is 63.1 Å². The van der Waals surface area contributed by atoms with Crippen LogP contribution in [0.25, 0.3) is 0 Å². The lowest BCUT2D eigenvalue weighted by Crippen LogP contribution is -2.54. The zero-order valence-corrected chi connectivity index (χ0v) is 11.7. The number of benzene rings is 1. The summed E-state index contributed by atoms with van der Waals surface area (Å²) in [6, 6.07) is 6.83. The van der Waals surface area contributed by atoms with Crippen LogP contribution in [-0.2, 0) is 20.9 Å². The highest BCUT2D eigenvalue weighted by atomic mass is 16.5. The van der Waals surface area contributed by atoms with Crippen molar-refractivity contribution in [1.82, 2.24) is 0 Å². The normalized spacial score (nSPS) is 16.4. The van der Waals surface area contributed by atoms with Crippen LogP contribution >= 0.6 is 0 Å². The number of hydrogen-bond donors (Lipinski definition) is 5. The van der Waals surface area contributed by atoms with Crippen molar-refractivity contribution in [1.29, 1.82) is 0 Å². The minimum absolute atomic E-state index is 0.143. The Labute approximate surface area is 126 Å². The fourth-order valence-corrected chi connectivity index (χ4v) is 1.63. The van der Waals surface area contributed by atoms with Crippen molar-refractivity contribution >= 4 is 11.8 Å². The Balaban J connectivity index is 2.56. The Hall–Kier alpha value is -1.84. The summed E-state index contributed by atoms with van der Waals surface area (Å²) in [5.41, 5.74) is 6.03. The average Bonchev–Trinajstić information content (AvgIpc) is 2.56. The van der Waals surface area contributed by atoms with Gasteiger partial charge in [-0.15, -0.1) is 0 Å². The van der Waals surface area contributed by atoms with Gasteiger partial charge in [-0.25, -0.2) is 4.79 Å². The van der Waals surface area contributed by atoms with Crippen LogP contribution in [0.5, 0.6) is 0 Å². The molecule has 0 saturated heterocycles. The third-order valence-electron chi connectivity index (χ3n) is 3.02. The van der Waals surface area contributed by atoms with Crippen LogP contribution in [0, 0.1) is 0 Å². The molecule has 6 N–H and O–H groups in total. The Morgan fingerprint density at radius 1 is 1.09 bits per heavy atom. The van der Waals surface area contributed by atoms with E-state index >= 15 is 0 Å². The lowest BCUT2D eigenvalue weighted by atomic mass is 9.99. The molecule has 0 aliphatic heterocycles. The number of nitrogens with two attached hydrogens (primary N) is 1. The van der Waals surface area contributed by atoms with E-state index in [0.717, 1.165) is 0 Å². The van der Waals surface area contributed by atoms with Gasteiger partial charge in [0.1, 0.15) is 31.0 Å². The van der Waals surface area contributed by atoms with Crippen LogP contribution < -0.4 is 5.73 Å². The monoisotopic (exact) mass is 313 g/mol. The van der Waals surface area contributed by atoms with Crippen molar-refractivity contribution in [2.45, 2.75) is 31.0 Å². The lowest BCUT2D eigenvalue weighted by molar-refractivity contribution is -0.158. The number of rotatable bonds is 8. The Bertz CT molecular complexity index is 493. The van der Waals surface area contributed by atoms with E-state index in [1.165, 1.54) is 0 Å². The number of esters is 1. The maximum atomic E-state index is 11.7. The molecule has 0 fully saturated rings. The molecular formula is C14H19NO7. The molecule has 1 aromatic rings. The molecule has 0 aromatic heterocycles. The molecule has 0 bridgehead atoms. The molecule has 1 aromatic carbocycles. The van der Waals surface area contributed by atoms with Crippen molar-refractivity contribution in [3.63, 3.8) is 0 Å². The molecule has 8 heteroatoms. The van der Waals surface area contributed by atoms with Gasteiger partial charge in [-0.05, 0) is 5.56 Å². The number of carbonyl (C=O) groups is 2. The van der Waals surface area contributed by atoms with Gasteiger partial charge in [-0.3, -0.25) is 4.79 Å². The second kappa shape index (κ2) is 8.57. The van der Waals surface area contributed by atoms with Crippen LogP contribution in [0.2, 0.25) is 0 Å². The molecule has 0 heterocycles. The predicted molar refractivity (Wildman–Crippen MR) is 74.3 cm³/mol. The minimum Gasteiger partial charge on any atom is -0.455 e. The molecule has 22 heavy (non-hydrogen) atoms. The maximum absolute atomic E-state index is 11.7. The van der Waals surface area contributed by atoms with Crippen LogP contribution in [0.1, 0.15) is 5.56 Å². The van der Waals surface area contributed by atoms with Gasteiger partial charge in [0.05, 0.1) is 6.61 Å². The maximum Gasteiger partial charge on any atom is 0.376 e. The van der Waals surface area contributed by atoms with E-state index in [1.807, 2.05) is 0 Å². The molecule has 122 valence electrons. The van der Waals surface area contributed by atoms with Crippen LogP contribution in [0.3, 0.4) is 0 Å². The standard InChI is InChI=1S/C14H19NO7/c15-10(12(19)11(18)9(17)6-16)13(20)14(21)22-7-8-4-2-1-3-5-8/h1-5,9-12,16-19H,6-7,15H2/t9-,10-,11-,12-/m1/s1. The third-order valence-corrected chi connectivity index (χ3v) is 3.02. The highest BCUT2D eigenvalue weighted by Gasteiger charge is 2.36. The van der Waals surface area contributed by atoms with Gasteiger partial charge in [0.25, 0.3) is 5.78 Å². The van der Waals surface area contributed by atoms with Crippen LogP contribution in [0.15, 0.2) is 30.3 Å². The van der Waals surface area contributed by atoms with Gasteiger partial charge >= 0.3 is 5.97 Å². The molecule has 0 saturated carbocycles. The van der Waals surface area contributed by atoms with E-state index in [-0.39, 0.29) is 6.61 Å². The van der Waals surface area contributed by atoms with Crippen molar-refractivity contribution in [2.75, 3.05) is 6.61 Å². The van der Waals surface area contributed by atoms with Gasteiger partial charge < -0.3 is 30.9 Å². The zero-order chi connectivity index (χ0) is 16.7. The average molecular weight is 313 g/mol. The molecule has 0 aliphatic carbocycles. The molecule has 0 radical (unpaired) electrons. The quantitative estimate of drug-likeness (QED) is 0.265. The second-order valence-electron chi connectivity index (χ2n) is 4.68. The SMILES string of the molecule is N[C@@H](C(=O)C(=O)OCc1ccccc1)[C@@H](O)[C@H](O)[C@H](O)CO. The summed E-state index contributed by atoms with van der Waals surface area (Å²) >= 11 is 0. The van der Waals surface area contributed by atoms with Gasteiger partial charge in [-0.2, -0.15) is 0 Å². The number of ketones is 1. The number of carbonyl (C=O) groups excluding carboxylic acids is 2. The smallest absolute Gasteiger partial charge is 0.376 e. The van der Waals surface area contributed by atoms with Crippen molar-refractivity contribution in [3.05, 3.63) is 35.9 Å². The Morgan fingerprint density at radius 2 is 1.68 bits per heavy atom. The first-order valence-corrected chi connectivity index (χ1v) is 6.54. The molecule has 0 aliphatic rings. The van der Waals surface area contributed by atoms with Crippen molar-refractivity contribution < 1.29 is 34.8 Å². The van der Waals surface area contributed by atoms with E-state index in [4.69, 9.17) is 15.6 Å². The molecular weight excluding hydrogens is 294 g/mol. The largest absolute Gasteiger partial charge is 0.455 e. The van der Waals surface area contributed by atoms with E-state index in [0.29, 0.717) is 5.56 Å². The highest BCUT2D eigenvalue weighted by Crippen LogP contribution is 2.06. The zero-order valence-electron chi connectivity index (χ0n) is 11.7. The number of ether oxygens (including phenoxy) is 1.